The fourth-order valence-corrected chi connectivity index (χ4v) is 4.50. The molecule has 30 heavy (non-hydrogen) atoms. The van der Waals surface area contributed by atoms with Crippen LogP contribution in [0.5, 0.6) is 0 Å². The Balaban J connectivity index is 1.60. The molecule has 1 aromatic carbocycles. The van der Waals surface area contributed by atoms with Crippen LogP contribution >= 0.6 is 0 Å². The minimum Gasteiger partial charge on any atom is -0.391 e. The van der Waals surface area contributed by atoms with E-state index < -0.39 is 18.1 Å². The van der Waals surface area contributed by atoms with Crippen molar-refractivity contribution in [3.8, 4) is 0 Å². The SMILES string of the molecule is CC(=O)C[C@@H](C)C(=O)N1C[C@H](O)C[C@H]1C(=O)C[C@@H]1CCN(Cc2ccccc2)C1=O. The Morgan fingerprint density at radius 2 is 1.90 bits per heavy atom. The zero-order valence-corrected chi connectivity index (χ0v) is 17.6. The molecule has 4 atom stereocenters. The van der Waals surface area contributed by atoms with Gasteiger partial charge in [-0.15, -0.1) is 0 Å². The maximum Gasteiger partial charge on any atom is 0.226 e. The normalized spacial score (nSPS) is 24.9. The van der Waals surface area contributed by atoms with E-state index in [1.165, 1.54) is 11.8 Å². The number of carbonyl (C=O) groups is 4. The van der Waals surface area contributed by atoms with Crippen LogP contribution in [0.15, 0.2) is 30.3 Å². The van der Waals surface area contributed by atoms with Crippen molar-refractivity contribution in [3.05, 3.63) is 35.9 Å². The molecule has 0 aliphatic carbocycles. The molecule has 2 heterocycles. The van der Waals surface area contributed by atoms with Crippen molar-refractivity contribution in [1.82, 2.24) is 9.80 Å². The number of aliphatic hydroxyl groups is 1. The zero-order valence-electron chi connectivity index (χ0n) is 17.6. The molecular formula is C23H30N2O5. The number of benzene rings is 1. The topological polar surface area (TPSA) is 95.0 Å². The molecule has 1 N–H and O–H groups in total. The smallest absolute Gasteiger partial charge is 0.226 e. The number of Topliss-reactive ketones (excluding diaryl/α,β-unsaturated/α-hetero) is 2. The summed E-state index contributed by atoms with van der Waals surface area (Å²) in [6.07, 6.45) is 0.225. The third kappa shape index (κ3) is 5.14. The second-order valence-electron chi connectivity index (χ2n) is 8.60. The highest BCUT2D eigenvalue weighted by molar-refractivity contribution is 5.94. The van der Waals surface area contributed by atoms with Gasteiger partial charge in [0, 0.05) is 50.7 Å². The molecule has 0 saturated carbocycles. The van der Waals surface area contributed by atoms with Crippen molar-refractivity contribution in [2.24, 2.45) is 11.8 Å². The Morgan fingerprint density at radius 3 is 2.57 bits per heavy atom. The van der Waals surface area contributed by atoms with Crippen molar-refractivity contribution < 1.29 is 24.3 Å². The largest absolute Gasteiger partial charge is 0.391 e. The molecule has 7 heteroatoms. The predicted octanol–water partition coefficient (Wildman–Crippen LogP) is 1.57. The summed E-state index contributed by atoms with van der Waals surface area (Å²) < 4.78 is 0. The lowest BCUT2D eigenvalue weighted by Gasteiger charge is -2.26. The van der Waals surface area contributed by atoms with Gasteiger partial charge >= 0.3 is 0 Å². The molecule has 162 valence electrons. The standard InChI is InChI=1S/C23H30N2O5/c1-15(10-16(2)26)22(29)25-14-19(27)12-20(25)21(28)11-18-8-9-24(23(18)30)13-17-6-4-3-5-7-17/h3-7,15,18-20,27H,8-14H2,1-2H3/t15-,18+,19-,20+/m1/s1. The minimum absolute atomic E-state index is 0.0337. The van der Waals surface area contributed by atoms with Gasteiger partial charge < -0.3 is 19.7 Å². The minimum atomic E-state index is -0.763. The molecule has 3 rings (SSSR count). The van der Waals surface area contributed by atoms with E-state index >= 15 is 0 Å². The second kappa shape index (κ2) is 9.51. The number of ketones is 2. The average Bonchev–Trinajstić information content (AvgIpc) is 3.25. The van der Waals surface area contributed by atoms with E-state index in [2.05, 4.69) is 0 Å². The van der Waals surface area contributed by atoms with Crippen molar-refractivity contribution in [3.63, 3.8) is 0 Å². The number of β-amino-alcohol motifs (C(OH)–C–C–N with tert-alkyl or cyclic N) is 1. The molecular weight excluding hydrogens is 384 g/mol. The van der Waals surface area contributed by atoms with E-state index in [1.807, 2.05) is 30.3 Å². The van der Waals surface area contributed by atoms with Gasteiger partial charge in [-0.1, -0.05) is 37.3 Å². The van der Waals surface area contributed by atoms with Crippen molar-refractivity contribution in [2.45, 2.75) is 58.2 Å². The van der Waals surface area contributed by atoms with Crippen LogP contribution in [0.2, 0.25) is 0 Å². The van der Waals surface area contributed by atoms with Crippen LogP contribution in [0.25, 0.3) is 0 Å². The van der Waals surface area contributed by atoms with Crippen molar-refractivity contribution in [1.29, 1.82) is 0 Å². The summed E-state index contributed by atoms with van der Waals surface area (Å²) in [6.45, 7) is 4.32. The summed E-state index contributed by atoms with van der Waals surface area (Å²) in [4.78, 5) is 53.0. The highest BCUT2D eigenvalue weighted by Crippen LogP contribution is 2.28. The average molecular weight is 415 g/mol. The first-order valence-electron chi connectivity index (χ1n) is 10.6. The molecule has 2 aliphatic rings. The number of likely N-dealkylation sites (tertiary alicyclic amines) is 2. The second-order valence-corrected chi connectivity index (χ2v) is 8.60. The Hall–Kier alpha value is -2.54. The molecule has 2 fully saturated rings. The van der Waals surface area contributed by atoms with Crippen LogP contribution in [-0.4, -0.2) is 63.5 Å². The van der Waals surface area contributed by atoms with Gasteiger partial charge in [0.15, 0.2) is 5.78 Å². The quantitative estimate of drug-likeness (QED) is 0.697. The summed E-state index contributed by atoms with van der Waals surface area (Å²) in [5.41, 5.74) is 1.05. The summed E-state index contributed by atoms with van der Waals surface area (Å²) in [6, 6.07) is 9.01. The molecule has 0 unspecified atom stereocenters. The van der Waals surface area contributed by atoms with E-state index in [4.69, 9.17) is 0 Å². The zero-order chi connectivity index (χ0) is 21.8. The Labute approximate surface area is 177 Å². The van der Waals surface area contributed by atoms with E-state index in [0.29, 0.717) is 19.5 Å². The molecule has 0 bridgehead atoms. The molecule has 1 aromatic rings. The van der Waals surface area contributed by atoms with Gasteiger partial charge in [-0.3, -0.25) is 14.4 Å². The summed E-state index contributed by atoms with van der Waals surface area (Å²) in [5.74, 6) is -1.51. The summed E-state index contributed by atoms with van der Waals surface area (Å²) in [7, 11) is 0. The third-order valence-electron chi connectivity index (χ3n) is 6.02. The molecule has 2 amide bonds. The van der Waals surface area contributed by atoms with Crippen molar-refractivity contribution in [2.75, 3.05) is 13.1 Å². The Morgan fingerprint density at radius 1 is 1.20 bits per heavy atom. The molecule has 0 spiro atoms. The number of hydrogen-bond acceptors (Lipinski definition) is 5. The summed E-state index contributed by atoms with van der Waals surface area (Å²) in [5, 5.41) is 10.1. The van der Waals surface area contributed by atoms with Crippen LogP contribution in [0.4, 0.5) is 0 Å². The van der Waals surface area contributed by atoms with E-state index in [1.54, 1.807) is 11.8 Å². The number of amides is 2. The van der Waals surface area contributed by atoms with Gasteiger partial charge in [0.1, 0.15) is 5.78 Å². The monoisotopic (exact) mass is 414 g/mol. The van der Waals surface area contributed by atoms with Crippen LogP contribution in [-0.2, 0) is 25.7 Å². The maximum absolute atomic E-state index is 13.0. The fourth-order valence-electron chi connectivity index (χ4n) is 4.50. The highest BCUT2D eigenvalue weighted by atomic mass is 16.3. The lowest BCUT2D eigenvalue weighted by Crippen LogP contribution is -2.44. The Kier molecular flexibility index (Phi) is 7.02. The summed E-state index contributed by atoms with van der Waals surface area (Å²) >= 11 is 0. The van der Waals surface area contributed by atoms with Crippen LogP contribution in [0.3, 0.4) is 0 Å². The van der Waals surface area contributed by atoms with Gasteiger partial charge in [0.05, 0.1) is 12.1 Å². The van der Waals surface area contributed by atoms with Crippen LogP contribution < -0.4 is 0 Å². The maximum atomic E-state index is 13.0. The first kappa shape index (κ1) is 22.2. The fraction of sp³-hybridized carbons (Fsp3) is 0.565. The van der Waals surface area contributed by atoms with Crippen LogP contribution in [0.1, 0.15) is 45.1 Å². The molecule has 2 aliphatic heterocycles. The lowest BCUT2D eigenvalue weighted by atomic mass is 9.95. The number of carbonyl (C=O) groups excluding carboxylic acids is 4. The predicted molar refractivity (Wildman–Crippen MR) is 110 cm³/mol. The lowest BCUT2D eigenvalue weighted by molar-refractivity contribution is -0.142. The van der Waals surface area contributed by atoms with E-state index in [0.717, 1.165) is 5.56 Å². The number of hydrogen-bond donors (Lipinski definition) is 1. The van der Waals surface area contributed by atoms with Gasteiger partial charge in [-0.2, -0.15) is 0 Å². The van der Waals surface area contributed by atoms with Crippen molar-refractivity contribution >= 4 is 23.4 Å². The molecule has 0 radical (unpaired) electrons. The molecule has 0 aromatic heterocycles. The molecule has 2 saturated heterocycles. The highest BCUT2D eigenvalue weighted by Gasteiger charge is 2.42. The third-order valence-corrected chi connectivity index (χ3v) is 6.02. The molecule has 7 nitrogen and oxygen atoms in total. The number of rotatable bonds is 8. The van der Waals surface area contributed by atoms with Crippen LogP contribution in [0, 0.1) is 11.8 Å². The number of aliphatic hydroxyl groups excluding tert-OH is 1. The van der Waals surface area contributed by atoms with E-state index in [-0.39, 0.29) is 55.1 Å². The van der Waals surface area contributed by atoms with E-state index in [9.17, 15) is 24.3 Å². The van der Waals surface area contributed by atoms with Gasteiger partial charge in [-0.05, 0) is 18.9 Å². The first-order chi connectivity index (χ1) is 14.3. The van der Waals surface area contributed by atoms with Gasteiger partial charge in [0.25, 0.3) is 0 Å². The van der Waals surface area contributed by atoms with Gasteiger partial charge in [0.2, 0.25) is 11.8 Å². The Bertz CT molecular complexity index is 809. The first-order valence-corrected chi connectivity index (χ1v) is 10.6. The van der Waals surface area contributed by atoms with Gasteiger partial charge in [-0.25, -0.2) is 0 Å². The number of nitrogens with zero attached hydrogens (tertiary/aromatic N) is 2.